The van der Waals surface area contributed by atoms with Crippen molar-refractivity contribution in [2.45, 2.75) is 44.4 Å². The Labute approximate surface area is 253 Å². The highest BCUT2D eigenvalue weighted by atomic mass is 35.5. The number of rotatable bonds is 10. The summed E-state index contributed by atoms with van der Waals surface area (Å²) >= 11 is 6.61. The Morgan fingerprint density at radius 2 is 1.79 bits per heavy atom. The summed E-state index contributed by atoms with van der Waals surface area (Å²) in [7, 11) is 0. The minimum absolute atomic E-state index is 0.0239. The molecule has 0 radical (unpaired) electrons. The monoisotopic (exact) mass is 601 g/mol. The summed E-state index contributed by atoms with van der Waals surface area (Å²) in [5, 5.41) is 20.1. The Balaban J connectivity index is 1.08. The fourth-order valence-electron chi connectivity index (χ4n) is 5.34. The number of carbonyl (C=O) groups is 1. The van der Waals surface area contributed by atoms with Crippen LogP contribution in [0.15, 0.2) is 73.3 Å². The number of imidazole rings is 2. The van der Waals surface area contributed by atoms with Crippen LogP contribution < -0.4 is 4.74 Å². The Morgan fingerprint density at radius 1 is 1.05 bits per heavy atom. The molecule has 1 aliphatic carbocycles. The highest BCUT2D eigenvalue weighted by Gasteiger charge is 2.30. The molecule has 2 aromatic carbocycles. The Kier molecular flexibility index (Phi) is 8.69. The van der Waals surface area contributed by atoms with Crippen LogP contribution in [0.1, 0.15) is 24.8 Å². The molecule has 0 spiro atoms. The SMILES string of the molecule is O=C(Cc1ccc(-c2ccc(-c3nc4nc(O[C@H]5CC[C@H](CO)[C@@H](O)C5)[nH]c4cc3Cl)cc2)cc1)OCCn1ccnc1. The molecule has 3 atom stereocenters. The lowest BCUT2D eigenvalue weighted by atomic mass is 9.85. The van der Waals surface area contributed by atoms with E-state index in [0.717, 1.165) is 28.7 Å². The van der Waals surface area contributed by atoms with Crippen molar-refractivity contribution in [3.63, 3.8) is 0 Å². The third kappa shape index (κ3) is 6.88. The fourth-order valence-corrected chi connectivity index (χ4v) is 5.60. The van der Waals surface area contributed by atoms with Gasteiger partial charge in [0.15, 0.2) is 5.65 Å². The topological polar surface area (TPSA) is 135 Å². The quantitative estimate of drug-likeness (QED) is 0.194. The first-order valence-electron chi connectivity index (χ1n) is 14.3. The molecular weight excluding hydrogens is 570 g/mol. The number of benzene rings is 2. The maximum atomic E-state index is 12.2. The zero-order chi connectivity index (χ0) is 29.8. The Bertz CT molecular complexity index is 1670. The number of aliphatic hydroxyl groups excluding tert-OH is 2. The summed E-state index contributed by atoms with van der Waals surface area (Å²) < 4.78 is 13.2. The molecule has 1 fully saturated rings. The number of hydrogen-bond donors (Lipinski definition) is 3. The molecule has 0 aliphatic heterocycles. The number of nitrogens with zero attached hydrogens (tertiary/aromatic N) is 4. The molecule has 3 heterocycles. The molecule has 3 N–H and O–H groups in total. The van der Waals surface area contributed by atoms with Crippen molar-refractivity contribution in [3.8, 4) is 28.4 Å². The van der Waals surface area contributed by atoms with Crippen molar-refractivity contribution >= 4 is 28.7 Å². The van der Waals surface area contributed by atoms with Crippen molar-refractivity contribution in [1.29, 1.82) is 0 Å². The van der Waals surface area contributed by atoms with E-state index in [-0.39, 0.29) is 31.0 Å². The van der Waals surface area contributed by atoms with Gasteiger partial charge in [0.1, 0.15) is 12.7 Å². The summed E-state index contributed by atoms with van der Waals surface area (Å²) in [5.74, 6) is -0.373. The van der Waals surface area contributed by atoms with Gasteiger partial charge in [0, 0.05) is 36.9 Å². The van der Waals surface area contributed by atoms with E-state index in [0.29, 0.717) is 53.9 Å². The summed E-state index contributed by atoms with van der Waals surface area (Å²) in [6.45, 7) is 0.855. The largest absolute Gasteiger partial charge is 0.464 e. The number of nitrogens with one attached hydrogen (secondary N) is 1. The minimum Gasteiger partial charge on any atom is -0.464 e. The van der Waals surface area contributed by atoms with Gasteiger partial charge in [-0.15, -0.1) is 0 Å². The molecule has 6 rings (SSSR count). The molecule has 0 unspecified atom stereocenters. The van der Waals surface area contributed by atoms with E-state index in [4.69, 9.17) is 26.1 Å². The molecule has 0 amide bonds. The molecule has 222 valence electrons. The van der Waals surface area contributed by atoms with E-state index in [1.54, 1.807) is 18.6 Å². The van der Waals surface area contributed by atoms with Crippen LogP contribution in [-0.2, 0) is 22.5 Å². The van der Waals surface area contributed by atoms with Gasteiger partial charge in [-0.2, -0.15) is 4.98 Å². The fraction of sp³-hybridized carbons (Fsp3) is 0.312. The molecule has 0 bridgehead atoms. The highest BCUT2D eigenvalue weighted by Crippen LogP contribution is 2.32. The van der Waals surface area contributed by atoms with Crippen LogP contribution >= 0.6 is 11.6 Å². The second-order valence-electron chi connectivity index (χ2n) is 10.8. The van der Waals surface area contributed by atoms with Crippen molar-refractivity contribution < 1.29 is 24.5 Å². The molecule has 11 heteroatoms. The van der Waals surface area contributed by atoms with Crippen LogP contribution in [0.25, 0.3) is 33.5 Å². The van der Waals surface area contributed by atoms with Gasteiger partial charge in [-0.1, -0.05) is 60.1 Å². The van der Waals surface area contributed by atoms with Gasteiger partial charge >= 0.3 is 5.97 Å². The zero-order valence-corrected chi connectivity index (χ0v) is 24.2. The Hall–Kier alpha value is -4.25. The first kappa shape index (κ1) is 28.9. The summed E-state index contributed by atoms with van der Waals surface area (Å²) in [4.78, 5) is 28.5. The van der Waals surface area contributed by atoms with Crippen LogP contribution in [-0.4, -0.2) is 66.1 Å². The van der Waals surface area contributed by atoms with E-state index >= 15 is 0 Å². The smallest absolute Gasteiger partial charge is 0.310 e. The number of H-pyrrole nitrogens is 1. The predicted octanol–water partition coefficient (Wildman–Crippen LogP) is 4.83. The van der Waals surface area contributed by atoms with Crippen LogP contribution in [0, 0.1) is 5.92 Å². The second kappa shape index (κ2) is 12.9. The predicted molar refractivity (Wildman–Crippen MR) is 162 cm³/mol. The third-order valence-corrected chi connectivity index (χ3v) is 8.08. The van der Waals surface area contributed by atoms with Crippen LogP contribution in [0.3, 0.4) is 0 Å². The molecule has 5 aromatic rings. The number of fused-ring (bicyclic) bond motifs is 1. The van der Waals surface area contributed by atoms with E-state index in [9.17, 15) is 15.0 Å². The summed E-state index contributed by atoms with van der Waals surface area (Å²) in [6.07, 6.45) is 6.49. The normalized spacial score (nSPS) is 18.5. The van der Waals surface area contributed by atoms with E-state index in [1.165, 1.54) is 0 Å². The average molecular weight is 602 g/mol. The molecule has 1 saturated carbocycles. The minimum atomic E-state index is -0.596. The van der Waals surface area contributed by atoms with Gasteiger partial charge in [0.2, 0.25) is 0 Å². The van der Waals surface area contributed by atoms with Gasteiger partial charge in [0.25, 0.3) is 6.01 Å². The molecule has 3 aromatic heterocycles. The highest BCUT2D eigenvalue weighted by molar-refractivity contribution is 6.33. The van der Waals surface area contributed by atoms with Crippen molar-refractivity contribution in [2.24, 2.45) is 5.92 Å². The van der Waals surface area contributed by atoms with Crippen molar-refractivity contribution in [3.05, 3.63) is 83.9 Å². The number of aromatic nitrogens is 5. The summed E-state index contributed by atoms with van der Waals surface area (Å²) in [5.41, 5.74) is 5.52. The van der Waals surface area contributed by atoms with E-state index < -0.39 is 6.10 Å². The number of aromatic amines is 1. The standard InChI is InChI=1S/C32H32ClN5O5/c33-26-17-27-31(37-32(35-27)43-25-10-9-24(18-39)28(40)16-25)36-30(26)23-7-5-22(6-8-23)21-3-1-20(2-4-21)15-29(41)42-14-13-38-12-11-34-19-38/h1-8,11-12,17,19,24-25,28,39-40H,9-10,13-16,18H2,(H,35,36,37)/t24-,25+,28+/m1/s1. The zero-order valence-electron chi connectivity index (χ0n) is 23.4. The number of pyridine rings is 1. The second-order valence-corrected chi connectivity index (χ2v) is 11.2. The number of hydrogen-bond acceptors (Lipinski definition) is 8. The number of esters is 1. The molecule has 43 heavy (non-hydrogen) atoms. The van der Waals surface area contributed by atoms with Gasteiger partial charge < -0.3 is 29.2 Å². The van der Waals surface area contributed by atoms with Crippen LogP contribution in [0.4, 0.5) is 0 Å². The number of aliphatic hydroxyl groups is 2. The molecule has 10 nitrogen and oxygen atoms in total. The van der Waals surface area contributed by atoms with Gasteiger partial charge in [-0.3, -0.25) is 4.79 Å². The molecule has 1 aliphatic rings. The molecule has 0 saturated heterocycles. The first-order valence-corrected chi connectivity index (χ1v) is 14.7. The van der Waals surface area contributed by atoms with E-state index in [1.807, 2.05) is 59.3 Å². The number of carbonyl (C=O) groups excluding carboxylic acids is 1. The molecular formula is C32H32ClN5O5. The van der Waals surface area contributed by atoms with Gasteiger partial charge in [-0.05, 0) is 35.6 Å². The lowest BCUT2D eigenvalue weighted by molar-refractivity contribution is -0.143. The van der Waals surface area contributed by atoms with E-state index in [2.05, 4.69) is 15.0 Å². The van der Waals surface area contributed by atoms with Crippen LogP contribution in [0.5, 0.6) is 6.01 Å². The maximum Gasteiger partial charge on any atom is 0.310 e. The third-order valence-electron chi connectivity index (χ3n) is 7.79. The maximum absolute atomic E-state index is 12.2. The number of halogens is 1. The number of ether oxygens (including phenoxy) is 2. The first-order chi connectivity index (χ1) is 20.9. The van der Waals surface area contributed by atoms with Gasteiger partial charge in [-0.25, -0.2) is 9.97 Å². The average Bonchev–Trinajstić information content (AvgIpc) is 3.67. The lowest BCUT2D eigenvalue weighted by Gasteiger charge is -2.31. The van der Waals surface area contributed by atoms with Crippen LogP contribution in [0.2, 0.25) is 5.02 Å². The Morgan fingerprint density at radius 3 is 2.49 bits per heavy atom. The summed E-state index contributed by atoms with van der Waals surface area (Å²) in [6, 6.07) is 17.9. The lowest BCUT2D eigenvalue weighted by Crippen LogP contribution is -2.36. The van der Waals surface area contributed by atoms with Gasteiger partial charge in [0.05, 0.1) is 41.6 Å². The van der Waals surface area contributed by atoms with Crippen molar-refractivity contribution in [1.82, 2.24) is 24.5 Å². The van der Waals surface area contributed by atoms with Crippen molar-refractivity contribution in [2.75, 3.05) is 13.2 Å².